The van der Waals surface area contributed by atoms with Crippen LogP contribution in [0, 0.1) is 10.1 Å². The minimum absolute atomic E-state index is 0.0580. The minimum atomic E-state index is -0.553. The fourth-order valence-electron chi connectivity index (χ4n) is 2.05. The van der Waals surface area contributed by atoms with Gasteiger partial charge in [0.15, 0.2) is 0 Å². The van der Waals surface area contributed by atoms with Gasteiger partial charge in [-0.1, -0.05) is 0 Å². The van der Waals surface area contributed by atoms with E-state index in [0.717, 1.165) is 6.07 Å². The Kier molecular flexibility index (Phi) is 4.52. The summed E-state index contributed by atoms with van der Waals surface area (Å²) in [5.41, 5.74) is 5.48. The molecule has 22 heavy (non-hydrogen) atoms. The van der Waals surface area contributed by atoms with Crippen molar-refractivity contribution in [3.8, 4) is 0 Å². The van der Waals surface area contributed by atoms with Crippen molar-refractivity contribution in [2.45, 2.75) is 19.4 Å². The van der Waals surface area contributed by atoms with Gasteiger partial charge in [-0.3, -0.25) is 19.7 Å². The average molecular weight is 304 g/mol. The number of nitrogens with one attached hydrogen (secondary N) is 2. The summed E-state index contributed by atoms with van der Waals surface area (Å²) in [6.07, 6.45) is 0.590. The number of fused-ring (bicyclic) bond motifs is 1. The summed E-state index contributed by atoms with van der Waals surface area (Å²) in [7, 11) is 0. The van der Waals surface area contributed by atoms with Crippen LogP contribution < -0.4 is 16.6 Å². The lowest BCUT2D eigenvalue weighted by Crippen LogP contribution is -2.29. The first-order chi connectivity index (χ1) is 10.4. The number of nitrogens with zero attached hydrogens (tertiary/aromatic N) is 1. The van der Waals surface area contributed by atoms with E-state index < -0.39 is 16.4 Å². The number of amides is 1. The Morgan fingerprint density at radius 3 is 2.82 bits per heavy atom. The maximum atomic E-state index is 12.2. The smallest absolute Gasteiger partial charge is 0.270 e. The van der Waals surface area contributed by atoms with Gasteiger partial charge in [0, 0.05) is 41.7 Å². The summed E-state index contributed by atoms with van der Waals surface area (Å²) >= 11 is 0. The number of hydrogen-bond donors (Lipinski definition) is 3. The van der Waals surface area contributed by atoms with Gasteiger partial charge in [0.05, 0.1) is 10.5 Å². The molecule has 1 heterocycles. The first kappa shape index (κ1) is 15.6. The molecule has 0 radical (unpaired) electrons. The van der Waals surface area contributed by atoms with E-state index in [2.05, 4.69) is 10.3 Å². The molecular weight excluding hydrogens is 288 g/mol. The molecule has 4 N–H and O–H groups in total. The van der Waals surface area contributed by atoms with E-state index in [9.17, 15) is 19.7 Å². The monoisotopic (exact) mass is 304 g/mol. The lowest BCUT2D eigenvalue weighted by molar-refractivity contribution is -0.384. The Morgan fingerprint density at radius 2 is 2.18 bits per heavy atom. The molecule has 2 rings (SSSR count). The third-order valence-corrected chi connectivity index (χ3v) is 3.17. The van der Waals surface area contributed by atoms with Gasteiger partial charge in [0.2, 0.25) is 5.56 Å². The lowest BCUT2D eigenvalue weighted by atomic mass is 10.1. The number of benzene rings is 1. The number of hydrogen-bond acceptors (Lipinski definition) is 5. The number of H-pyrrole nitrogens is 1. The van der Waals surface area contributed by atoms with Crippen LogP contribution in [0.5, 0.6) is 0 Å². The Morgan fingerprint density at radius 1 is 1.45 bits per heavy atom. The van der Waals surface area contributed by atoms with Crippen molar-refractivity contribution in [1.82, 2.24) is 10.3 Å². The summed E-state index contributed by atoms with van der Waals surface area (Å²) < 4.78 is 0. The van der Waals surface area contributed by atoms with Crippen LogP contribution in [0.4, 0.5) is 5.69 Å². The number of aromatic amines is 1. The summed E-state index contributed by atoms with van der Waals surface area (Å²) in [6.45, 7) is 2.18. The van der Waals surface area contributed by atoms with Gasteiger partial charge in [0.25, 0.3) is 11.6 Å². The molecule has 0 fully saturated rings. The van der Waals surface area contributed by atoms with E-state index >= 15 is 0 Å². The molecule has 0 spiro atoms. The molecule has 0 aliphatic carbocycles. The number of nitro benzene ring substituents is 1. The van der Waals surface area contributed by atoms with E-state index in [0.29, 0.717) is 23.9 Å². The number of rotatable bonds is 5. The molecule has 8 heteroatoms. The zero-order valence-corrected chi connectivity index (χ0v) is 12.0. The molecule has 1 aromatic heterocycles. The summed E-state index contributed by atoms with van der Waals surface area (Å²) in [5, 5.41) is 13.8. The highest BCUT2D eigenvalue weighted by atomic mass is 16.6. The standard InChI is InChI=1S/C14H16N4O4/c1-8(15)4-5-16-14(20)11-7-13(19)17-12-3-2-9(18(21)22)6-10(11)12/h2-3,6-8H,4-5,15H2,1H3,(H,16,20)(H,17,19). The van der Waals surface area contributed by atoms with Gasteiger partial charge in [-0.05, 0) is 19.4 Å². The molecule has 1 atom stereocenters. The van der Waals surface area contributed by atoms with Gasteiger partial charge in [0.1, 0.15) is 0 Å². The van der Waals surface area contributed by atoms with E-state index in [1.54, 1.807) is 0 Å². The van der Waals surface area contributed by atoms with E-state index in [1.165, 1.54) is 18.2 Å². The number of aromatic nitrogens is 1. The van der Waals surface area contributed by atoms with Crippen LogP contribution in [-0.4, -0.2) is 28.4 Å². The molecule has 1 amide bonds. The number of carbonyl (C=O) groups excluding carboxylic acids is 1. The zero-order valence-electron chi connectivity index (χ0n) is 12.0. The fourth-order valence-corrected chi connectivity index (χ4v) is 2.05. The van der Waals surface area contributed by atoms with Crippen molar-refractivity contribution in [3.05, 3.63) is 50.3 Å². The molecule has 0 aliphatic heterocycles. The number of pyridine rings is 1. The molecule has 0 saturated carbocycles. The van der Waals surface area contributed by atoms with Crippen molar-refractivity contribution < 1.29 is 9.72 Å². The molecule has 0 saturated heterocycles. The van der Waals surface area contributed by atoms with E-state index in [-0.39, 0.29) is 17.3 Å². The first-order valence-electron chi connectivity index (χ1n) is 6.73. The minimum Gasteiger partial charge on any atom is -0.352 e. The molecule has 1 unspecified atom stereocenters. The number of nitro groups is 1. The Balaban J connectivity index is 2.42. The second-order valence-corrected chi connectivity index (χ2v) is 5.06. The molecular formula is C14H16N4O4. The van der Waals surface area contributed by atoms with Crippen LogP contribution in [0.2, 0.25) is 0 Å². The van der Waals surface area contributed by atoms with Crippen LogP contribution >= 0.6 is 0 Å². The SMILES string of the molecule is CC(N)CCNC(=O)c1cc(=O)[nH]c2ccc([N+](=O)[O-])cc12. The first-order valence-corrected chi connectivity index (χ1v) is 6.73. The van der Waals surface area contributed by atoms with Crippen LogP contribution in [0.3, 0.4) is 0 Å². The molecule has 8 nitrogen and oxygen atoms in total. The van der Waals surface area contributed by atoms with Crippen LogP contribution in [0.15, 0.2) is 29.1 Å². The molecule has 2 aromatic rings. The van der Waals surface area contributed by atoms with Crippen molar-refractivity contribution >= 4 is 22.5 Å². The Labute approximate surface area is 125 Å². The van der Waals surface area contributed by atoms with E-state index in [4.69, 9.17) is 5.73 Å². The highest BCUT2D eigenvalue weighted by molar-refractivity contribution is 6.06. The van der Waals surface area contributed by atoms with Gasteiger partial charge < -0.3 is 16.0 Å². The number of carbonyl (C=O) groups is 1. The summed E-state index contributed by atoms with van der Waals surface area (Å²) in [5.74, 6) is -0.461. The number of non-ortho nitro benzene ring substituents is 1. The van der Waals surface area contributed by atoms with Crippen molar-refractivity contribution in [1.29, 1.82) is 0 Å². The molecule has 1 aromatic carbocycles. The quantitative estimate of drug-likeness (QED) is 0.558. The summed E-state index contributed by atoms with van der Waals surface area (Å²) in [4.78, 5) is 36.7. The Bertz CT molecular complexity index is 782. The normalized spacial score (nSPS) is 12.1. The lowest BCUT2D eigenvalue weighted by Gasteiger charge is -2.09. The fraction of sp³-hybridized carbons (Fsp3) is 0.286. The van der Waals surface area contributed by atoms with Gasteiger partial charge >= 0.3 is 0 Å². The maximum Gasteiger partial charge on any atom is 0.270 e. The second kappa shape index (κ2) is 6.35. The number of nitrogens with two attached hydrogens (primary N) is 1. The average Bonchev–Trinajstić information content (AvgIpc) is 2.45. The Hall–Kier alpha value is -2.74. The molecule has 116 valence electrons. The highest BCUT2D eigenvalue weighted by Gasteiger charge is 2.15. The predicted octanol–water partition coefficient (Wildman–Crippen LogP) is 0.903. The van der Waals surface area contributed by atoms with Crippen molar-refractivity contribution in [3.63, 3.8) is 0 Å². The molecule has 0 bridgehead atoms. The second-order valence-electron chi connectivity index (χ2n) is 5.06. The topological polar surface area (TPSA) is 131 Å². The van der Waals surface area contributed by atoms with Crippen LogP contribution in [0.25, 0.3) is 10.9 Å². The van der Waals surface area contributed by atoms with E-state index in [1.807, 2.05) is 6.92 Å². The van der Waals surface area contributed by atoms with Crippen molar-refractivity contribution in [2.75, 3.05) is 6.54 Å². The third kappa shape index (κ3) is 3.47. The van der Waals surface area contributed by atoms with Crippen LogP contribution in [-0.2, 0) is 0 Å². The van der Waals surface area contributed by atoms with Crippen LogP contribution in [0.1, 0.15) is 23.7 Å². The van der Waals surface area contributed by atoms with Crippen molar-refractivity contribution in [2.24, 2.45) is 5.73 Å². The largest absolute Gasteiger partial charge is 0.352 e. The maximum absolute atomic E-state index is 12.2. The summed E-state index contributed by atoms with van der Waals surface area (Å²) in [6, 6.07) is 5.03. The molecule has 0 aliphatic rings. The zero-order chi connectivity index (χ0) is 16.3. The van der Waals surface area contributed by atoms with Gasteiger partial charge in [-0.2, -0.15) is 0 Å². The third-order valence-electron chi connectivity index (χ3n) is 3.17. The highest BCUT2D eigenvalue weighted by Crippen LogP contribution is 2.21. The van der Waals surface area contributed by atoms with Gasteiger partial charge in [-0.25, -0.2) is 0 Å². The predicted molar refractivity (Wildman–Crippen MR) is 81.8 cm³/mol. The van der Waals surface area contributed by atoms with Gasteiger partial charge in [-0.15, -0.1) is 0 Å².